The fourth-order valence-electron chi connectivity index (χ4n) is 3.17. The Labute approximate surface area is 160 Å². The fourth-order valence-corrected chi connectivity index (χ4v) is 3.17. The van der Waals surface area contributed by atoms with Crippen molar-refractivity contribution in [2.75, 3.05) is 51.9 Å². The second-order valence-electron chi connectivity index (χ2n) is 6.32. The zero-order valence-corrected chi connectivity index (χ0v) is 15.9. The molecule has 27 heavy (non-hydrogen) atoms. The van der Waals surface area contributed by atoms with Crippen LogP contribution in [0.4, 0.5) is 5.69 Å². The minimum absolute atomic E-state index is 0.132. The van der Waals surface area contributed by atoms with Crippen molar-refractivity contribution >= 4 is 11.6 Å². The van der Waals surface area contributed by atoms with Crippen molar-refractivity contribution in [2.24, 2.45) is 0 Å². The molecule has 144 valence electrons. The minimum Gasteiger partial charge on any atom is -0.497 e. The summed E-state index contributed by atoms with van der Waals surface area (Å²) in [6.07, 6.45) is 0.390. The summed E-state index contributed by atoms with van der Waals surface area (Å²) < 4.78 is 16.4. The molecule has 1 amide bonds. The molecule has 0 saturated carbocycles. The highest BCUT2D eigenvalue weighted by molar-refractivity contribution is 5.76. The molecule has 2 aromatic rings. The van der Waals surface area contributed by atoms with Gasteiger partial charge >= 0.3 is 0 Å². The van der Waals surface area contributed by atoms with Gasteiger partial charge in [-0.3, -0.25) is 4.79 Å². The van der Waals surface area contributed by atoms with E-state index in [9.17, 15) is 4.79 Å². The van der Waals surface area contributed by atoms with E-state index >= 15 is 0 Å². The van der Waals surface area contributed by atoms with Gasteiger partial charge < -0.3 is 24.0 Å². The summed E-state index contributed by atoms with van der Waals surface area (Å²) in [5.41, 5.74) is 1.03. The molecule has 0 N–H and O–H groups in total. The van der Waals surface area contributed by atoms with Crippen LogP contribution in [0, 0.1) is 0 Å². The largest absolute Gasteiger partial charge is 0.497 e. The predicted molar refractivity (Wildman–Crippen MR) is 105 cm³/mol. The first-order valence-corrected chi connectivity index (χ1v) is 9.14. The SMILES string of the molecule is COc1ccc(N2CCN(C(=O)CCOc3ccccc3)CC2)c(OC)c1. The molecule has 6 heteroatoms. The lowest BCUT2D eigenvalue weighted by molar-refractivity contribution is -0.132. The standard InChI is InChI=1S/C21H26N2O4/c1-25-18-8-9-19(20(16-18)26-2)22-11-13-23(14-12-22)21(24)10-15-27-17-6-4-3-5-7-17/h3-9,16H,10-15H2,1-2H3. The van der Waals surface area contributed by atoms with Crippen LogP contribution in [0.5, 0.6) is 17.2 Å². The zero-order chi connectivity index (χ0) is 19.1. The van der Waals surface area contributed by atoms with Crippen LogP contribution in [-0.4, -0.2) is 57.8 Å². The topological polar surface area (TPSA) is 51.2 Å². The summed E-state index contributed by atoms with van der Waals surface area (Å²) in [6, 6.07) is 15.4. The molecule has 0 atom stereocenters. The van der Waals surface area contributed by atoms with Crippen LogP contribution >= 0.6 is 0 Å². The maximum atomic E-state index is 12.4. The summed E-state index contributed by atoms with van der Waals surface area (Å²) in [4.78, 5) is 16.6. The molecule has 0 bridgehead atoms. The Balaban J connectivity index is 1.49. The van der Waals surface area contributed by atoms with Crippen molar-refractivity contribution in [1.82, 2.24) is 4.90 Å². The summed E-state index contributed by atoms with van der Waals surface area (Å²) in [7, 11) is 3.30. The number of hydrogen-bond acceptors (Lipinski definition) is 5. The molecular formula is C21H26N2O4. The smallest absolute Gasteiger partial charge is 0.226 e. The van der Waals surface area contributed by atoms with Gasteiger partial charge in [0.15, 0.2) is 0 Å². The molecule has 3 rings (SSSR count). The van der Waals surface area contributed by atoms with E-state index in [2.05, 4.69) is 4.90 Å². The predicted octanol–water partition coefficient (Wildman–Crippen LogP) is 2.82. The third-order valence-corrected chi connectivity index (χ3v) is 4.69. The third kappa shape index (κ3) is 4.84. The molecule has 2 aromatic carbocycles. The van der Waals surface area contributed by atoms with E-state index in [1.807, 2.05) is 53.4 Å². The Morgan fingerprint density at radius 1 is 0.926 bits per heavy atom. The first-order chi connectivity index (χ1) is 13.2. The van der Waals surface area contributed by atoms with E-state index in [1.54, 1.807) is 14.2 Å². The van der Waals surface area contributed by atoms with E-state index in [1.165, 1.54) is 0 Å². The number of anilines is 1. The van der Waals surface area contributed by atoms with Crippen molar-refractivity contribution in [2.45, 2.75) is 6.42 Å². The Morgan fingerprint density at radius 3 is 2.33 bits per heavy atom. The van der Waals surface area contributed by atoms with E-state index in [-0.39, 0.29) is 5.91 Å². The normalized spacial score (nSPS) is 14.0. The number of amides is 1. The number of rotatable bonds is 7. The number of hydrogen-bond donors (Lipinski definition) is 0. The molecule has 1 heterocycles. The molecule has 6 nitrogen and oxygen atoms in total. The highest BCUT2D eigenvalue weighted by atomic mass is 16.5. The number of piperazine rings is 1. The highest BCUT2D eigenvalue weighted by Gasteiger charge is 2.23. The van der Waals surface area contributed by atoms with Crippen LogP contribution in [0.15, 0.2) is 48.5 Å². The second-order valence-corrected chi connectivity index (χ2v) is 6.32. The lowest BCUT2D eigenvalue weighted by Gasteiger charge is -2.36. The average Bonchev–Trinajstić information content (AvgIpc) is 2.74. The fraction of sp³-hybridized carbons (Fsp3) is 0.381. The molecular weight excluding hydrogens is 344 g/mol. The minimum atomic E-state index is 0.132. The van der Waals surface area contributed by atoms with Crippen LogP contribution in [0.3, 0.4) is 0 Å². The molecule has 0 unspecified atom stereocenters. The van der Waals surface area contributed by atoms with E-state index < -0.39 is 0 Å². The van der Waals surface area contributed by atoms with Crippen molar-refractivity contribution in [3.05, 3.63) is 48.5 Å². The first-order valence-electron chi connectivity index (χ1n) is 9.14. The number of benzene rings is 2. The van der Waals surface area contributed by atoms with Crippen LogP contribution in [0.1, 0.15) is 6.42 Å². The summed E-state index contributed by atoms with van der Waals surface area (Å²) in [5.74, 6) is 2.47. The number of para-hydroxylation sites is 1. The van der Waals surface area contributed by atoms with E-state index in [4.69, 9.17) is 14.2 Å². The molecule has 0 radical (unpaired) electrons. The van der Waals surface area contributed by atoms with Gasteiger partial charge in [0.2, 0.25) is 5.91 Å². The van der Waals surface area contributed by atoms with E-state index in [0.717, 1.165) is 36.0 Å². The molecule has 0 aliphatic carbocycles. The number of methoxy groups -OCH3 is 2. The van der Waals surface area contributed by atoms with Gasteiger partial charge in [0.25, 0.3) is 0 Å². The number of nitrogens with zero attached hydrogens (tertiary/aromatic N) is 2. The second kappa shape index (κ2) is 9.16. The van der Waals surface area contributed by atoms with E-state index in [0.29, 0.717) is 26.1 Å². The molecule has 1 aliphatic heterocycles. The van der Waals surface area contributed by atoms with Crippen LogP contribution in [0.25, 0.3) is 0 Å². The van der Waals surface area contributed by atoms with Crippen molar-refractivity contribution in [3.63, 3.8) is 0 Å². The average molecular weight is 370 g/mol. The van der Waals surface area contributed by atoms with Gasteiger partial charge in [-0.2, -0.15) is 0 Å². The Kier molecular flexibility index (Phi) is 6.41. The first kappa shape index (κ1) is 18.9. The summed E-state index contributed by atoms with van der Waals surface area (Å²) >= 11 is 0. The lowest BCUT2D eigenvalue weighted by Crippen LogP contribution is -2.49. The van der Waals surface area contributed by atoms with Gasteiger partial charge in [-0.1, -0.05) is 18.2 Å². The Hall–Kier alpha value is -2.89. The van der Waals surface area contributed by atoms with Crippen LogP contribution in [-0.2, 0) is 4.79 Å². The van der Waals surface area contributed by atoms with Gasteiger partial charge in [-0.05, 0) is 24.3 Å². The number of carbonyl (C=O) groups is 1. The monoisotopic (exact) mass is 370 g/mol. The molecule has 0 spiro atoms. The number of ether oxygens (including phenoxy) is 3. The lowest BCUT2D eigenvalue weighted by atomic mass is 10.2. The summed E-state index contributed by atoms with van der Waals surface area (Å²) in [6.45, 7) is 3.33. The maximum absolute atomic E-state index is 12.4. The highest BCUT2D eigenvalue weighted by Crippen LogP contribution is 2.32. The van der Waals surface area contributed by atoms with Gasteiger partial charge in [-0.15, -0.1) is 0 Å². The van der Waals surface area contributed by atoms with Gasteiger partial charge in [0.1, 0.15) is 17.2 Å². The van der Waals surface area contributed by atoms with Crippen LogP contribution in [0.2, 0.25) is 0 Å². The molecule has 1 aliphatic rings. The van der Waals surface area contributed by atoms with Crippen LogP contribution < -0.4 is 19.1 Å². The molecule has 1 fully saturated rings. The third-order valence-electron chi connectivity index (χ3n) is 4.69. The van der Waals surface area contributed by atoms with Crippen molar-refractivity contribution in [1.29, 1.82) is 0 Å². The maximum Gasteiger partial charge on any atom is 0.226 e. The van der Waals surface area contributed by atoms with Gasteiger partial charge in [0, 0.05) is 32.2 Å². The zero-order valence-electron chi connectivity index (χ0n) is 15.9. The quantitative estimate of drug-likeness (QED) is 0.750. The molecule has 1 saturated heterocycles. The van der Waals surface area contributed by atoms with Crippen molar-refractivity contribution in [3.8, 4) is 17.2 Å². The van der Waals surface area contributed by atoms with Gasteiger partial charge in [0.05, 0.1) is 32.9 Å². The summed E-state index contributed by atoms with van der Waals surface area (Å²) in [5, 5.41) is 0. The molecule has 0 aromatic heterocycles. The Bertz CT molecular complexity index is 743. The number of carbonyl (C=O) groups excluding carboxylic acids is 1. The van der Waals surface area contributed by atoms with Gasteiger partial charge in [-0.25, -0.2) is 0 Å². The van der Waals surface area contributed by atoms with Crippen molar-refractivity contribution < 1.29 is 19.0 Å². The Morgan fingerprint density at radius 2 is 1.67 bits per heavy atom.